The van der Waals surface area contributed by atoms with Crippen molar-refractivity contribution < 1.29 is 38.2 Å². The summed E-state index contributed by atoms with van der Waals surface area (Å²) in [5, 5.41) is 11.7. The minimum atomic E-state index is -1.13. The Kier molecular flexibility index (Phi) is 45.0. The topological polar surface area (TPSA) is 102 Å². The molecule has 0 aliphatic rings. The number of hydrogen-bond acceptors (Lipinski definition) is 7. The van der Waals surface area contributed by atoms with Gasteiger partial charge in [0.2, 0.25) is 0 Å². The summed E-state index contributed by atoms with van der Waals surface area (Å²) in [6.07, 6.45) is 64.3. The molecule has 376 valence electrons. The first-order chi connectivity index (χ1) is 32.1. The number of quaternary nitrogens is 1. The van der Waals surface area contributed by atoms with Gasteiger partial charge in [0.25, 0.3) is 0 Å². The van der Waals surface area contributed by atoms with Crippen molar-refractivity contribution in [2.45, 2.75) is 212 Å². The van der Waals surface area contributed by atoms with Gasteiger partial charge in [0.15, 0.2) is 6.10 Å². The van der Waals surface area contributed by atoms with Crippen LogP contribution < -0.4 is 5.11 Å². The Morgan fingerprint density at radius 2 is 0.848 bits per heavy atom. The molecular formula is C58H97NO7. The lowest BCUT2D eigenvalue weighted by Gasteiger charge is -2.34. The number of carboxylic acids is 1. The first-order valence-corrected chi connectivity index (χ1v) is 26.3. The fraction of sp³-hybridized carbons (Fsp3) is 0.672. The fourth-order valence-electron chi connectivity index (χ4n) is 7.16. The molecule has 2 unspecified atom stereocenters. The molecule has 0 aromatic rings. The minimum Gasteiger partial charge on any atom is -0.544 e. The van der Waals surface area contributed by atoms with Crippen molar-refractivity contribution in [2.24, 2.45) is 0 Å². The van der Waals surface area contributed by atoms with Crippen molar-refractivity contribution in [2.75, 3.05) is 41.0 Å². The summed E-state index contributed by atoms with van der Waals surface area (Å²) in [6.45, 7) is 4.49. The van der Waals surface area contributed by atoms with Gasteiger partial charge in [-0.3, -0.25) is 9.59 Å². The van der Waals surface area contributed by atoms with E-state index in [1.807, 2.05) is 0 Å². The molecule has 2 atom stereocenters. The second-order valence-corrected chi connectivity index (χ2v) is 18.4. The Balaban J connectivity index is 4.31. The van der Waals surface area contributed by atoms with Gasteiger partial charge in [0, 0.05) is 19.3 Å². The van der Waals surface area contributed by atoms with Crippen LogP contribution in [-0.2, 0) is 28.6 Å². The predicted octanol–water partition coefficient (Wildman–Crippen LogP) is 14.1. The Labute approximate surface area is 405 Å². The van der Waals surface area contributed by atoms with Crippen LogP contribution in [0, 0.1) is 0 Å². The standard InChI is InChI=1S/C58H97NO7/c1-6-8-10-12-14-16-18-20-22-24-26-28-29-31-32-34-36-38-40-42-44-46-48-56(60)65-53-54(52-64-51-50-55(58(62)63)59(3,4)5)66-57(61)49-47-45-43-41-39-37-35-33-30-27-25-23-21-19-17-15-13-11-9-7-2/h9,11,14-17,20-23,26-28,30,35,37,54-55H,6-8,10,12-13,18-19,24-25,29,31-34,36,38-53H2,1-5H3/b11-9+,16-14+,17-15+,22-20+,23-21+,28-26+,30-27+,37-35+. The molecule has 0 spiro atoms. The number of hydrogen-bond donors (Lipinski definition) is 0. The zero-order chi connectivity index (χ0) is 48.4. The lowest BCUT2D eigenvalue weighted by Crippen LogP contribution is -2.55. The summed E-state index contributed by atoms with van der Waals surface area (Å²) in [5.74, 6) is -1.78. The quantitative estimate of drug-likeness (QED) is 0.0259. The molecule has 0 amide bonds. The number of esters is 2. The van der Waals surface area contributed by atoms with Gasteiger partial charge < -0.3 is 28.6 Å². The third-order valence-electron chi connectivity index (χ3n) is 11.2. The van der Waals surface area contributed by atoms with Crippen LogP contribution in [0.15, 0.2) is 97.2 Å². The first-order valence-electron chi connectivity index (χ1n) is 26.3. The summed E-state index contributed by atoms with van der Waals surface area (Å²) in [7, 11) is 5.40. The van der Waals surface area contributed by atoms with E-state index in [9.17, 15) is 19.5 Å². The summed E-state index contributed by atoms with van der Waals surface area (Å²) in [6, 6.07) is -0.738. The van der Waals surface area contributed by atoms with Crippen molar-refractivity contribution in [3.05, 3.63) is 97.2 Å². The van der Waals surface area contributed by atoms with Crippen LogP contribution in [-0.4, -0.2) is 75.5 Å². The molecule has 0 aromatic heterocycles. The molecule has 0 saturated carbocycles. The van der Waals surface area contributed by atoms with Gasteiger partial charge in [-0.25, -0.2) is 0 Å². The molecule has 0 aliphatic heterocycles. The van der Waals surface area contributed by atoms with Gasteiger partial charge in [-0.15, -0.1) is 0 Å². The van der Waals surface area contributed by atoms with Crippen LogP contribution in [0.2, 0.25) is 0 Å². The van der Waals surface area contributed by atoms with E-state index in [1.165, 1.54) is 64.2 Å². The molecular weight excluding hydrogens is 823 g/mol. The zero-order valence-electron chi connectivity index (χ0n) is 42.8. The summed E-state index contributed by atoms with van der Waals surface area (Å²) < 4.78 is 17.2. The number of allylic oxidation sites excluding steroid dienone is 16. The van der Waals surface area contributed by atoms with Gasteiger partial charge in [-0.2, -0.15) is 0 Å². The van der Waals surface area contributed by atoms with Crippen LogP contribution >= 0.6 is 0 Å². The average Bonchev–Trinajstić information content (AvgIpc) is 3.28. The van der Waals surface area contributed by atoms with Crippen molar-refractivity contribution in [3.63, 3.8) is 0 Å². The maximum atomic E-state index is 12.8. The molecule has 0 bridgehead atoms. The number of carbonyl (C=O) groups is 3. The number of rotatable bonds is 46. The zero-order valence-corrected chi connectivity index (χ0v) is 42.8. The molecule has 8 heteroatoms. The Hall–Kier alpha value is -3.75. The SMILES string of the molecule is CC/C=C/C/C=C/C/C=C/C/C=C/C/C=C/CCCCCCC(=O)OC(COCCC(C(=O)[O-])[N+](C)(C)C)COC(=O)CCCCCCCCCCC/C=C/C/C=C/C/C=C/CCCCC. The molecule has 8 nitrogen and oxygen atoms in total. The summed E-state index contributed by atoms with van der Waals surface area (Å²) >= 11 is 0. The number of ether oxygens (including phenoxy) is 3. The summed E-state index contributed by atoms with van der Waals surface area (Å²) in [5.41, 5.74) is 0. The third-order valence-corrected chi connectivity index (χ3v) is 11.2. The van der Waals surface area contributed by atoms with Gasteiger partial charge in [0.1, 0.15) is 12.6 Å². The van der Waals surface area contributed by atoms with Crippen molar-refractivity contribution >= 4 is 17.9 Å². The van der Waals surface area contributed by atoms with Crippen LogP contribution in [0.1, 0.15) is 200 Å². The molecule has 0 saturated heterocycles. The number of carbonyl (C=O) groups excluding carboxylic acids is 3. The molecule has 0 aliphatic carbocycles. The van der Waals surface area contributed by atoms with Crippen LogP contribution in [0.3, 0.4) is 0 Å². The maximum absolute atomic E-state index is 12.8. The smallest absolute Gasteiger partial charge is 0.306 e. The second-order valence-electron chi connectivity index (χ2n) is 18.4. The fourth-order valence-corrected chi connectivity index (χ4v) is 7.16. The second kappa shape index (κ2) is 47.7. The molecule has 0 rings (SSSR count). The van der Waals surface area contributed by atoms with E-state index in [2.05, 4.69) is 111 Å². The van der Waals surface area contributed by atoms with E-state index in [0.29, 0.717) is 6.42 Å². The Bertz CT molecular complexity index is 1400. The monoisotopic (exact) mass is 920 g/mol. The van der Waals surface area contributed by atoms with Gasteiger partial charge in [-0.1, -0.05) is 182 Å². The van der Waals surface area contributed by atoms with Gasteiger partial charge in [0.05, 0.1) is 40.3 Å². The molecule has 0 aromatic carbocycles. The van der Waals surface area contributed by atoms with E-state index in [0.717, 1.165) is 103 Å². The summed E-state index contributed by atoms with van der Waals surface area (Å²) in [4.78, 5) is 37.1. The van der Waals surface area contributed by atoms with Gasteiger partial charge >= 0.3 is 11.9 Å². The van der Waals surface area contributed by atoms with Crippen LogP contribution in [0.5, 0.6) is 0 Å². The predicted molar refractivity (Wildman–Crippen MR) is 277 cm³/mol. The van der Waals surface area contributed by atoms with E-state index in [-0.39, 0.29) is 49.1 Å². The third kappa shape index (κ3) is 45.4. The Morgan fingerprint density at radius 3 is 1.26 bits per heavy atom. The van der Waals surface area contributed by atoms with E-state index >= 15 is 0 Å². The molecule has 66 heavy (non-hydrogen) atoms. The maximum Gasteiger partial charge on any atom is 0.306 e. The number of unbranched alkanes of at least 4 members (excludes halogenated alkanes) is 16. The minimum absolute atomic E-state index is 0.0229. The molecule has 0 radical (unpaired) electrons. The Morgan fingerprint density at radius 1 is 0.470 bits per heavy atom. The first kappa shape index (κ1) is 62.2. The average molecular weight is 920 g/mol. The highest BCUT2D eigenvalue weighted by molar-refractivity contribution is 5.70. The molecule has 0 fully saturated rings. The van der Waals surface area contributed by atoms with Crippen molar-refractivity contribution in [1.29, 1.82) is 0 Å². The number of likely N-dealkylation sites (N-methyl/N-ethyl adjacent to an activating group) is 1. The molecule has 0 heterocycles. The number of nitrogens with zero attached hydrogens (tertiary/aromatic N) is 1. The van der Waals surface area contributed by atoms with Crippen molar-refractivity contribution in [1.82, 2.24) is 0 Å². The van der Waals surface area contributed by atoms with E-state index in [1.54, 1.807) is 21.1 Å². The lowest BCUT2D eigenvalue weighted by molar-refractivity contribution is -0.889. The van der Waals surface area contributed by atoms with Crippen LogP contribution in [0.25, 0.3) is 0 Å². The van der Waals surface area contributed by atoms with Gasteiger partial charge in [-0.05, 0) is 96.3 Å². The normalized spacial score (nSPS) is 13.7. The number of aliphatic carboxylic acids is 1. The van der Waals surface area contributed by atoms with E-state index in [4.69, 9.17) is 14.2 Å². The highest BCUT2D eigenvalue weighted by Gasteiger charge is 2.25. The van der Waals surface area contributed by atoms with Crippen molar-refractivity contribution in [3.8, 4) is 0 Å². The van der Waals surface area contributed by atoms with E-state index < -0.39 is 18.1 Å². The number of carboxylic acid groups (broad SMARTS) is 1. The molecule has 0 N–H and O–H groups in total. The van der Waals surface area contributed by atoms with Crippen LogP contribution in [0.4, 0.5) is 0 Å². The highest BCUT2D eigenvalue weighted by atomic mass is 16.6. The largest absolute Gasteiger partial charge is 0.544 e. The highest BCUT2D eigenvalue weighted by Crippen LogP contribution is 2.14. The lowest BCUT2D eigenvalue weighted by atomic mass is 10.1.